The molecule has 0 saturated heterocycles. The molecular formula is C14H19N3O. The summed E-state index contributed by atoms with van der Waals surface area (Å²) in [7, 11) is 0. The Morgan fingerprint density at radius 3 is 2.56 bits per heavy atom. The molecule has 0 saturated carbocycles. The number of hydrogen-bond donors (Lipinski definition) is 2. The van der Waals surface area contributed by atoms with Crippen molar-refractivity contribution in [3.05, 3.63) is 29.3 Å². The smallest absolute Gasteiger partial charge is 0.241 e. The summed E-state index contributed by atoms with van der Waals surface area (Å²) in [4.78, 5) is 12.0. The highest BCUT2D eigenvalue weighted by Crippen LogP contribution is 2.21. The number of carbonyl (C=O) groups is 1. The first-order valence-corrected chi connectivity index (χ1v) is 5.83. The summed E-state index contributed by atoms with van der Waals surface area (Å²) in [6.45, 7) is 7.61. The monoisotopic (exact) mass is 245 g/mol. The number of nitriles is 1. The zero-order valence-corrected chi connectivity index (χ0v) is 11.2. The van der Waals surface area contributed by atoms with Gasteiger partial charge in [-0.15, -0.1) is 0 Å². The molecule has 0 aromatic heterocycles. The van der Waals surface area contributed by atoms with Gasteiger partial charge < -0.3 is 11.1 Å². The third kappa shape index (κ3) is 3.31. The fourth-order valence-electron chi connectivity index (χ4n) is 1.43. The van der Waals surface area contributed by atoms with Crippen LogP contribution < -0.4 is 11.1 Å². The third-order valence-corrected chi connectivity index (χ3v) is 2.84. The van der Waals surface area contributed by atoms with Gasteiger partial charge in [0.2, 0.25) is 5.91 Å². The summed E-state index contributed by atoms with van der Waals surface area (Å²) in [6.07, 6.45) is 0. The van der Waals surface area contributed by atoms with Gasteiger partial charge in [-0.05, 0) is 30.0 Å². The van der Waals surface area contributed by atoms with E-state index in [4.69, 9.17) is 11.0 Å². The van der Waals surface area contributed by atoms with Gasteiger partial charge in [0.1, 0.15) is 0 Å². The van der Waals surface area contributed by atoms with Gasteiger partial charge in [0, 0.05) is 5.69 Å². The van der Waals surface area contributed by atoms with Crippen molar-refractivity contribution in [3.8, 4) is 6.07 Å². The molecule has 96 valence electrons. The minimum atomic E-state index is -0.595. The molecule has 1 amide bonds. The molecule has 0 aliphatic carbocycles. The first kappa shape index (κ1) is 14.2. The molecule has 0 unspecified atom stereocenters. The molecule has 18 heavy (non-hydrogen) atoms. The van der Waals surface area contributed by atoms with Gasteiger partial charge in [-0.25, -0.2) is 0 Å². The number of nitrogens with one attached hydrogen (secondary N) is 1. The summed E-state index contributed by atoms with van der Waals surface area (Å²) in [6, 6.07) is 6.62. The molecule has 0 radical (unpaired) electrons. The molecular weight excluding hydrogens is 226 g/mol. The Morgan fingerprint density at radius 2 is 2.06 bits per heavy atom. The molecule has 4 heteroatoms. The fraction of sp³-hybridized carbons (Fsp3) is 0.429. The van der Waals surface area contributed by atoms with Crippen LogP contribution in [-0.4, -0.2) is 11.9 Å². The summed E-state index contributed by atoms with van der Waals surface area (Å²) >= 11 is 0. The lowest BCUT2D eigenvalue weighted by Gasteiger charge is -2.26. The van der Waals surface area contributed by atoms with E-state index in [1.54, 1.807) is 18.2 Å². The number of nitrogens with two attached hydrogens (primary N) is 1. The van der Waals surface area contributed by atoms with Crippen LogP contribution in [0.2, 0.25) is 0 Å². The normalized spacial score (nSPS) is 12.7. The van der Waals surface area contributed by atoms with E-state index in [0.29, 0.717) is 11.3 Å². The second kappa shape index (κ2) is 5.19. The molecule has 0 heterocycles. The maximum Gasteiger partial charge on any atom is 0.241 e. The van der Waals surface area contributed by atoms with Crippen molar-refractivity contribution in [2.75, 3.05) is 5.32 Å². The van der Waals surface area contributed by atoms with Crippen molar-refractivity contribution < 1.29 is 4.79 Å². The van der Waals surface area contributed by atoms with Gasteiger partial charge in [-0.1, -0.05) is 26.8 Å². The minimum Gasteiger partial charge on any atom is -0.324 e. The highest BCUT2D eigenvalue weighted by molar-refractivity contribution is 5.96. The molecule has 0 aliphatic heterocycles. The van der Waals surface area contributed by atoms with E-state index >= 15 is 0 Å². The number of carbonyl (C=O) groups excluding carboxylic acids is 1. The summed E-state index contributed by atoms with van der Waals surface area (Å²) < 4.78 is 0. The number of nitrogens with zero attached hydrogens (tertiary/aromatic N) is 1. The highest BCUT2D eigenvalue weighted by atomic mass is 16.2. The van der Waals surface area contributed by atoms with Gasteiger partial charge in [-0.3, -0.25) is 4.79 Å². The van der Waals surface area contributed by atoms with Crippen molar-refractivity contribution in [1.82, 2.24) is 0 Å². The lowest BCUT2D eigenvalue weighted by Crippen LogP contribution is -2.45. The number of anilines is 1. The standard InChI is InChI=1S/C14H19N3O/c1-9-5-6-10(8-15)7-11(9)17-13(18)12(16)14(2,3)4/h5-7,12H,16H2,1-4H3,(H,17,18)/t12-/m1/s1. The van der Waals surface area contributed by atoms with Gasteiger partial charge >= 0.3 is 0 Å². The van der Waals surface area contributed by atoms with Crippen LogP contribution in [0.25, 0.3) is 0 Å². The molecule has 1 aromatic carbocycles. The van der Waals surface area contributed by atoms with E-state index in [9.17, 15) is 4.79 Å². The minimum absolute atomic E-state index is 0.235. The zero-order chi connectivity index (χ0) is 13.9. The quantitative estimate of drug-likeness (QED) is 0.838. The Hall–Kier alpha value is -1.86. The van der Waals surface area contributed by atoms with Crippen LogP contribution in [0.15, 0.2) is 18.2 Å². The van der Waals surface area contributed by atoms with E-state index in [1.807, 2.05) is 33.8 Å². The number of aryl methyl sites for hydroxylation is 1. The Balaban J connectivity index is 2.92. The van der Waals surface area contributed by atoms with Crippen molar-refractivity contribution >= 4 is 11.6 Å². The first-order chi connectivity index (χ1) is 8.25. The Bertz CT molecular complexity index is 495. The average Bonchev–Trinajstić information content (AvgIpc) is 2.29. The van der Waals surface area contributed by atoms with Crippen LogP contribution in [0.3, 0.4) is 0 Å². The van der Waals surface area contributed by atoms with Crippen LogP contribution in [0, 0.1) is 23.7 Å². The van der Waals surface area contributed by atoms with Crippen molar-refractivity contribution in [1.29, 1.82) is 5.26 Å². The lowest BCUT2D eigenvalue weighted by atomic mass is 9.87. The third-order valence-electron chi connectivity index (χ3n) is 2.84. The fourth-order valence-corrected chi connectivity index (χ4v) is 1.43. The Morgan fingerprint density at radius 1 is 1.44 bits per heavy atom. The van der Waals surface area contributed by atoms with Crippen molar-refractivity contribution in [3.63, 3.8) is 0 Å². The molecule has 0 fully saturated rings. The number of rotatable bonds is 2. The van der Waals surface area contributed by atoms with Crippen LogP contribution in [0.4, 0.5) is 5.69 Å². The predicted octanol–water partition coefficient (Wildman–Crippen LogP) is 2.18. The van der Waals surface area contributed by atoms with Gasteiger partial charge in [0.25, 0.3) is 0 Å². The van der Waals surface area contributed by atoms with Crippen LogP contribution in [-0.2, 0) is 4.79 Å². The summed E-state index contributed by atoms with van der Waals surface area (Å²) in [5.74, 6) is -0.235. The molecule has 1 aromatic rings. The number of amides is 1. The molecule has 0 aliphatic rings. The number of benzene rings is 1. The Labute approximate surface area is 108 Å². The maximum atomic E-state index is 12.0. The maximum absolute atomic E-state index is 12.0. The predicted molar refractivity (Wildman–Crippen MR) is 72.0 cm³/mol. The van der Waals surface area contributed by atoms with Crippen molar-refractivity contribution in [2.24, 2.45) is 11.1 Å². The molecule has 1 atom stereocenters. The number of hydrogen-bond acceptors (Lipinski definition) is 3. The highest BCUT2D eigenvalue weighted by Gasteiger charge is 2.27. The van der Waals surface area contributed by atoms with E-state index in [-0.39, 0.29) is 11.3 Å². The van der Waals surface area contributed by atoms with Crippen LogP contribution in [0.5, 0.6) is 0 Å². The second-order valence-electron chi connectivity index (χ2n) is 5.47. The van der Waals surface area contributed by atoms with E-state index in [0.717, 1.165) is 5.56 Å². The Kier molecular flexibility index (Phi) is 4.10. The van der Waals surface area contributed by atoms with Gasteiger partial charge in [0.05, 0.1) is 17.7 Å². The SMILES string of the molecule is Cc1ccc(C#N)cc1NC(=O)[C@@H](N)C(C)(C)C. The van der Waals surface area contributed by atoms with E-state index in [2.05, 4.69) is 5.32 Å². The largest absolute Gasteiger partial charge is 0.324 e. The van der Waals surface area contributed by atoms with Gasteiger partial charge in [-0.2, -0.15) is 5.26 Å². The summed E-state index contributed by atoms with van der Waals surface area (Å²) in [5, 5.41) is 11.6. The molecule has 0 spiro atoms. The van der Waals surface area contributed by atoms with E-state index < -0.39 is 6.04 Å². The van der Waals surface area contributed by atoms with Gasteiger partial charge in [0.15, 0.2) is 0 Å². The molecule has 0 bridgehead atoms. The van der Waals surface area contributed by atoms with Crippen LogP contribution >= 0.6 is 0 Å². The zero-order valence-electron chi connectivity index (χ0n) is 11.2. The molecule has 1 rings (SSSR count). The average molecular weight is 245 g/mol. The van der Waals surface area contributed by atoms with Crippen LogP contribution in [0.1, 0.15) is 31.9 Å². The van der Waals surface area contributed by atoms with Crippen molar-refractivity contribution in [2.45, 2.75) is 33.7 Å². The molecule has 3 N–H and O–H groups in total. The lowest BCUT2D eigenvalue weighted by molar-refractivity contribution is -0.119. The topological polar surface area (TPSA) is 78.9 Å². The summed E-state index contributed by atoms with van der Waals surface area (Å²) in [5.41, 5.74) is 7.64. The first-order valence-electron chi connectivity index (χ1n) is 5.83. The second-order valence-corrected chi connectivity index (χ2v) is 5.47. The van der Waals surface area contributed by atoms with E-state index in [1.165, 1.54) is 0 Å². The molecule has 4 nitrogen and oxygen atoms in total.